The Morgan fingerprint density at radius 1 is 1.00 bits per heavy atom. The molecule has 1 amide bonds. The molecule has 0 bridgehead atoms. The highest BCUT2D eigenvalue weighted by atomic mass is 16.4. The zero-order chi connectivity index (χ0) is 18.3. The molecule has 0 unspecified atom stereocenters. The second-order valence-electron chi connectivity index (χ2n) is 5.96. The number of aryl methyl sites for hydroxylation is 1. The van der Waals surface area contributed by atoms with Crippen molar-refractivity contribution < 1.29 is 9.21 Å². The van der Waals surface area contributed by atoms with Crippen LogP contribution in [-0.4, -0.2) is 10.9 Å². The second kappa shape index (κ2) is 6.00. The molecule has 0 radical (unpaired) electrons. The quantitative estimate of drug-likeness (QED) is 0.545. The summed E-state index contributed by atoms with van der Waals surface area (Å²) < 4.78 is 5.39. The van der Waals surface area contributed by atoms with Gasteiger partial charge in [0, 0.05) is 10.9 Å². The number of pyridine rings is 1. The van der Waals surface area contributed by atoms with Gasteiger partial charge < -0.3 is 14.7 Å². The number of hydrogen-bond donors (Lipinski definition) is 2. The summed E-state index contributed by atoms with van der Waals surface area (Å²) in [4.78, 5) is 39.8. The molecule has 26 heavy (non-hydrogen) atoms. The first-order valence-electron chi connectivity index (χ1n) is 8.00. The molecule has 0 saturated heterocycles. The minimum atomic E-state index is -0.713. The summed E-state index contributed by atoms with van der Waals surface area (Å²) in [6, 6.07) is 15.3. The smallest absolute Gasteiger partial charge is 0.360 e. The zero-order valence-electron chi connectivity index (χ0n) is 13.8. The molecule has 0 atom stereocenters. The normalized spacial score (nSPS) is 11.0. The molecular weight excluding hydrogens is 332 g/mol. The number of hydrogen-bond acceptors (Lipinski definition) is 4. The lowest BCUT2D eigenvalue weighted by molar-refractivity contribution is 0.102. The third-order valence-corrected chi connectivity index (χ3v) is 4.23. The molecule has 6 heteroatoms. The van der Waals surface area contributed by atoms with Gasteiger partial charge in [-0.1, -0.05) is 30.3 Å². The second-order valence-corrected chi connectivity index (χ2v) is 5.96. The lowest BCUT2D eigenvalue weighted by Gasteiger charge is -2.07. The number of amides is 1. The van der Waals surface area contributed by atoms with Crippen LogP contribution in [0, 0.1) is 6.92 Å². The van der Waals surface area contributed by atoms with Crippen LogP contribution in [-0.2, 0) is 0 Å². The Morgan fingerprint density at radius 3 is 2.54 bits per heavy atom. The lowest BCUT2D eigenvalue weighted by Crippen LogP contribution is -2.19. The van der Waals surface area contributed by atoms with E-state index in [1.165, 1.54) is 6.07 Å². The molecule has 2 heterocycles. The fourth-order valence-corrected chi connectivity index (χ4v) is 2.92. The lowest BCUT2D eigenvalue weighted by atomic mass is 10.1. The highest BCUT2D eigenvalue weighted by Gasteiger charge is 2.15. The largest absolute Gasteiger partial charge is 0.420 e. The van der Waals surface area contributed by atoms with Gasteiger partial charge in [0.1, 0.15) is 5.69 Å². The van der Waals surface area contributed by atoms with E-state index in [1.54, 1.807) is 36.4 Å². The first kappa shape index (κ1) is 15.8. The average Bonchev–Trinajstić information content (AvgIpc) is 2.64. The maximum Gasteiger partial charge on any atom is 0.360 e. The van der Waals surface area contributed by atoms with Gasteiger partial charge in [-0.25, -0.2) is 4.79 Å². The summed E-state index contributed by atoms with van der Waals surface area (Å²) >= 11 is 0. The molecule has 6 nitrogen and oxygen atoms in total. The molecular formula is C20H14N2O4. The Morgan fingerprint density at radius 2 is 1.77 bits per heavy atom. The van der Waals surface area contributed by atoms with Gasteiger partial charge in [-0.2, -0.15) is 0 Å². The van der Waals surface area contributed by atoms with Gasteiger partial charge >= 0.3 is 5.63 Å². The first-order valence-corrected chi connectivity index (χ1v) is 8.00. The van der Waals surface area contributed by atoms with Crippen molar-refractivity contribution in [3.8, 4) is 0 Å². The highest BCUT2D eigenvalue weighted by molar-refractivity contribution is 6.06. The molecule has 4 aromatic rings. The van der Waals surface area contributed by atoms with E-state index in [0.717, 1.165) is 5.56 Å². The van der Waals surface area contributed by atoms with Crippen molar-refractivity contribution in [2.45, 2.75) is 6.92 Å². The van der Waals surface area contributed by atoms with Crippen molar-refractivity contribution >= 4 is 33.5 Å². The molecule has 128 valence electrons. The van der Waals surface area contributed by atoms with E-state index >= 15 is 0 Å². The summed E-state index contributed by atoms with van der Waals surface area (Å²) in [6.45, 7) is 1.86. The van der Waals surface area contributed by atoms with Crippen molar-refractivity contribution in [1.29, 1.82) is 0 Å². The van der Waals surface area contributed by atoms with Crippen LogP contribution in [0.15, 0.2) is 68.6 Å². The van der Waals surface area contributed by atoms with E-state index in [4.69, 9.17) is 4.42 Å². The number of para-hydroxylation sites is 1. The number of nitrogens with one attached hydrogen (secondary N) is 2. The number of rotatable bonds is 2. The van der Waals surface area contributed by atoms with Crippen molar-refractivity contribution in [1.82, 2.24) is 4.98 Å². The molecule has 0 aliphatic heterocycles. The van der Waals surface area contributed by atoms with E-state index in [1.807, 2.05) is 19.1 Å². The number of carbonyl (C=O) groups excluding carboxylic acids is 1. The van der Waals surface area contributed by atoms with Crippen LogP contribution in [0.1, 0.15) is 15.9 Å². The number of carbonyl (C=O) groups is 1. The molecule has 0 saturated carbocycles. The molecule has 0 spiro atoms. The Kier molecular flexibility index (Phi) is 3.65. The van der Waals surface area contributed by atoms with Crippen LogP contribution < -0.4 is 16.5 Å². The number of H-pyrrole nitrogens is 1. The topological polar surface area (TPSA) is 92.2 Å². The van der Waals surface area contributed by atoms with Crippen molar-refractivity contribution in [3.63, 3.8) is 0 Å². The monoisotopic (exact) mass is 346 g/mol. The fraction of sp³-hybridized carbons (Fsp3) is 0.0500. The van der Waals surface area contributed by atoms with Crippen LogP contribution in [0.5, 0.6) is 0 Å². The summed E-state index contributed by atoms with van der Waals surface area (Å²) in [6.07, 6.45) is 0. The van der Waals surface area contributed by atoms with Gasteiger partial charge in [-0.15, -0.1) is 0 Å². The van der Waals surface area contributed by atoms with Crippen molar-refractivity contribution in [2.24, 2.45) is 0 Å². The van der Waals surface area contributed by atoms with E-state index < -0.39 is 11.5 Å². The van der Waals surface area contributed by atoms with Gasteiger partial charge in [0.2, 0.25) is 0 Å². The van der Waals surface area contributed by atoms with Crippen LogP contribution in [0.25, 0.3) is 21.9 Å². The van der Waals surface area contributed by atoms with Gasteiger partial charge in [0.25, 0.3) is 11.5 Å². The predicted molar refractivity (Wildman–Crippen MR) is 99.7 cm³/mol. The number of benzene rings is 2. The van der Waals surface area contributed by atoms with Crippen LogP contribution in [0.4, 0.5) is 5.69 Å². The third-order valence-electron chi connectivity index (χ3n) is 4.23. The van der Waals surface area contributed by atoms with E-state index in [9.17, 15) is 14.4 Å². The SMILES string of the molecule is Cc1cccc2c1[nH]c(=O)c1cc(NC(=O)c3ccccc3)c(=O)oc12. The number of fused-ring (bicyclic) bond motifs is 3. The minimum Gasteiger partial charge on any atom is -0.420 e. The molecule has 2 N–H and O–H groups in total. The highest BCUT2D eigenvalue weighted by Crippen LogP contribution is 2.23. The van der Waals surface area contributed by atoms with Gasteiger partial charge in [-0.05, 0) is 36.8 Å². The Bertz CT molecular complexity index is 1270. The zero-order valence-corrected chi connectivity index (χ0v) is 13.8. The van der Waals surface area contributed by atoms with Gasteiger partial charge in [-0.3, -0.25) is 9.59 Å². The van der Waals surface area contributed by atoms with Crippen LogP contribution in [0.3, 0.4) is 0 Å². The standard InChI is InChI=1S/C20H14N2O4/c1-11-6-5-9-13-16(11)22-19(24)14-10-15(20(25)26-17(13)14)21-18(23)12-7-3-2-4-8-12/h2-10H,1H3,(H,21,23)(H,22,24). The van der Waals surface area contributed by atoms with E-state index in [2.05, 4.69) is 10.3 Å². The van der Waals surface area contributed by atoms with E-state index in [0.29, 0.717) is 16.5 Å². The number of aromatic nitrogens is 1. The Hall–Kier alpha value is -3.67. The molecule has 0 aliphatic carbocycles. The van der Waals surface area contributed by atoms with E-state index in [-0.39, 0.29) is 22.2 Å². The summed E-state index contributed by atoms with van der Waals surface area (Å²) in [7, 11) is 0. The maximum absolute atomic E-state index is 12.4. The number of anilines is 1. The van der Waals surface area contributed by atoms with Gasteiger partial charge in [0.05, 0.1) is 10.9 Å². The summed E-state index contributed by atoms with van der Waals surface area (Å²) in [5, 5.41) is 3.34. The molecule has 4 rings (SSSR count). The maximum atomic E-state index is 12.4. The first-order chi connectivity index (χ1) is 12.5. The minimum absolute atomic E-state index is 0.0798. The van der Waals surface area contributed by atoms with Gasteiger partial charge in [0.15, 0.2) is 5.58 Å². The molecule has 0 aliphatic rings. The van der Waals surface area contributed by atoms with Crippen LogP contribution in [0.2, 0.25) is 0 Å². The summed E-state index contributed by atoms with van der Waals surface area (Å²) in [5.41, 5.74) is 0.907. The Balaban J connectivity index is 1.89. The molecule has 2 aromatic heterocycles. The predicted octanol–water partition coefficient (Wildman–Crippen LogP) is 3.20. The Labute approximate surface area is 147 Å². The molecule has 2 aromatic carbocycles. The van der Waals surface area contributed by atoms with Crippen molar-refractivity contribution in [2.75, 3.05) is 5.32 Å². The molecule has 0 fully saturated rings. The van der Waals surface area contributed by atoms with Crippen LogP contribution >= 0.6 is 0 Å². The number of aromatic amines is 1. The summed E-state index contributed by atoms with van der Waals surface area (Å²) in [5.74, 6) is -0.453. The fourth-order valence-electron chi connectivity index (χ4n) is 2.92. The third kappa shape index (κ3) is 2.57. The average molecular weight is 346 g/mol. The van der Waals surface area contributed by atoms with Crippen molar-refractivity contribution in [3.05, 3.63) is 86.5 Å².